The maximum Gasteiger partial charge on any atom is 0.308 e. The van der Waals surface area contributed by atoms with Crippen molar-refractivity contribution < 1.29 is 19.4 Å². The number of carbonyl (C=O) groups is 2. The fraction of sp³-hybridized carbons (Fsp3) is 0.500. The molecule has 0 saturated carbocycles. The standard InChI is InChI=1S/C14H20N2O4/c1-4-5-10(14(18)19)8-15-12(17)11-7-6-9(2)16-13(11)20-3/h6-7,10H,4-5,8H2,1-3H3,(H,15,17)(H,18,19). The molecule has 2 N–H and O–H groups in total. The van der Waals surface area contributed by atoms with Crippen molar-refractivity contribution in [3.05, 3.63) is 23.4 Å². The number of amides is 1. The van der Waals surface area contributed by atoms with Gasteiger partial charge in [0.05, 0.1) is 13.0 Å². The Balaban J connectivity index is 2.74. The molecular formula is C14H20N2O4. The molecule has 0 aromatic carbocycles. The third kappa shape index (κ3) is 4.22. The molecule has 110 valence electrons. The van der Waals surface area contributed by atoms with E-state index >= 15 is 0 Å². The van der Waals surface area contributed by atoms with E-state index < -0.39 is 11.9 Å². The summed E-state index contributed by atoms with van der Waals surface area (Å²) in [5.41, 5.74) is 1.05. The SMILES string of the molecule is CCCC(CNC(=O)c1ccc(C)nc1OC)C(=O)O. The van der Waals surface area contributed by atoms with Crippen molar-refractivity contribution in [1.29, 1.82) is 0 Å². The van der Waals surface area contributed by atoms with E-state index in [1.54, 1.807) is 19.1 Å². The molecule has 1 heterocycles. The minimum Gasteiger partial charge on any atom is -0.481 e. The Morgan fingerprint density at radius 1 is 1.45 bits per heavy atom. The minimum atomic E-state index is -0.902. The van der Waals surface area contributed by atoms with Crippen LogP contribution >= 0.6 is 0 Å². The zero-order valence-electron chi connectivity index (χ0n) is 12.0. The fourth-order valence-electron chi connectivity index (χ4n) is 1.83. The molecule has 1 aromatic heterocycles. The summed E-state index contributed by atoms with van der Waals surface area (Å²) in [5, 5.41) is 11.7. The average molecular weight is 280 g/mol. The number of aliphatic carboxylic acids is 1. The number of carbonyl (C=O) groups excluding carboxylic acids is 1. The Kier molecular flexibility index (Phi) is 5.96. The molecule has 1 aromatic rings. The Morgan fingerprint density at radius 3 is 2.70 bits per heavy atom. The van der Waals surface area contributed by atoms with E-state index in [2.05, 4.69) is 10.3 Å². The van der Waals surface area contributed by atoms with Crippen LogP contribution in [-0.4, -0.2) is 35.6 Å². The summed E-state index contributed by atoms with van der Waals surface area (Å²) < 4.78 is 5.06. The molecule has 0 fully saturated rings. The number of nitrogens with zero attached hydrogens (tertiary/aromatic N) is 1. The van der Waals surface area contributed by atoms with Gasteiger partial charge in [-0.3, -0.25) is 9.59 Å². The van der Waals surface area contributed by atoms with Crippen LogP contribution in [0, 0.1) is 12.8 Å². The van der Waals surface area contributed by atoms with Gasteiger partial charge in [0.1, 0.15) is 5.56 Å². The highest BCUT2D eigenvalue weighted by molar-refractivity contribution is 5.96. The van der Waals surface area contributed by atoms with Crippen molar-refractivity contribution in [2.45, 2.75) is 26.7 Å². The second kappa shape index (κ2) is 7.47. The number of carboxylic acid groups (broad SMARTS) is 1. The van der Waals surface area contributed by atoms with Gasteiger partial charge in [0, 0.05) is 12.2 Å². The van der Waals surface area contributed by atoms with E-state index in [0.29, 0.717) is 12.0 Å². The summed E-state index contributed by atoms with van der Waals surface area (Å²) in [6.45, 7) is 3.80. The highest BCUT2D eigenvalue weighted by Crippen LogP contribution is 2.15. The topological polar surface area (TPSA) is 88.5 Å². The summed E-state index contributed by atoms with van der Waals surface area (Å²) in [5.74, 6) is -1.61. The van der Waals surface area contributed by atoms with Gasteiger partial charge in [-0.15, -0.1) is 0 Å². The molecule has 20 heavy (non-hydrogen) atoms. The van der Waals surface area contributed by atoms with E-state index in [4.69, 9.17) is 9.84 Å². The number of rotatable bonds is 7. The van der Waals surface area contributed by atoms with Gasteiger partial charge in [-0.2, -0.15) is 0 Å². The third-order valence-electron chi connectivity index (χ3n) is 2.93. The molecule has 0 radical (unpaired) electrons. The number of hydrogen-bond acceptors (Lipinski definition) is 4. The van der Waals surface area contributed by atoms with Crippen LogP contribution in [0.1, 0.15) is 35.8 Å². The Labute approximate surface area is 118 Å². The van der Waals surface area contributed by atoms with Crippen LogP contribution in [0.3, 0.4) is 0 Å². The van der Waals surface area contributed by atoms with Crippen molar-refractivity contribution in [1.82, 2.24) is 10.3 Å². The Morgan fingerprint density at radius 2 is 2.15 bits per heavy atom. The maximum absolute atomic E-state index is 12.0. The van der Waals surface area contributed by atoms with Gasteiger partial charge in [0.2, 0.25) is 5.88 Å². The lowest BCUT2D eigenvalue weighted by Crippen LogP contribution is -2.33. The first kappa shape index (κ1) is 15.9. The van der Waals surface area contributed by atoms with Gasteiger partial charge in [0.15, 0.2) is 0 Å². The fourth-order valence-corrected chi connectivity index (χ4v) is 1.83. The van der Waals surface area contributed by atoms with Crippen LogP contribution < -0.4 is 10.1 Å². The van der Waals surface area contributed by atoms with Gasteiger partial charge >= 0.3 is 5.97 Å². The Hall–Kier alpha value is -2.11. The number of aromatic nitrogens is 1. The number of aryl methyl sites for hydroxylation is 1. The molecule has 6 heteroatoms. The predicted octanol–water partition coefficient (Wildman–Crippen LogP) is 1.63. The van der Waals surface area contributed by atoms with E-state index in [1.807, 2.05) is 6.92 Å². The number of methoxy groups -OCH3 is 1. The number of carboxylic acids is 1. The van der Waals surface area contributed by atoms with E-state index in [-0.39, 0.29) is 18.3 Å². The van der Waals surface area contributed by atoms with Crippen LogP contribution in [0.15, 0.2) is 12.1 Å². The maximum atomic E-state index is 12.0. The van der Waals surface area contributed by atoms with Crippen LogP contribution in [0.5, 0.6) is 5.88 Å². The summed E-state index contributed by atoms with van der Waals surface area (Å²) in [6.07, 6.45) is 1.28. The van der Waals surface area contributed by atoms with Crippen LogP contribution in [0.25, 0.3) is 0 Å². The highest BCUT2D eigenvalue weighted by atomic mass is 16.5. The molecule has 6 nitrogen and oxygen atoms in total. The molecule has 0 saturated heterocycles. The first-order valence-electron chi connectivity index (χ1n) is 6.52. The van der Waals surface area contributed by atoms with E-state index in [1.165, 1.54) is 7.11 Å². The van der Waals surface area contributed by atoms with Crippen LogP contribution in [0.4, 0.5) is 0 Å². The molecule has 1 atom stereocenters. The number of nitrogens with one attached hydrogen (secondary N) is 1. The van der Waals surface area contributed by atoms with Gasteiger partial charge in [-0.1, -0.05) is 13.3 Å². The highest BCUT2D eigenvalue weighted by Gasteiger charge is 2.19. The molecule has 0 aliphatic carbocycles. The normalized spacial score (nSPS) is 11.8. The Bertz CT molecular complexity index is 488. The molecule has 0 bridgehead atoms. The lowest BCUT2D eigenvalue weighted by atomic mass is 10.0. The second-order valence-corrected chi connectivity index (χ2v) is 4.54. The molecule has 0 spiro atoms. The molecule has 1 rings (SSSR count). The quantitative estimate of drug-likeness (QED) is 0.792. The van der Waals surface area contributed by atoms with E-state index in [0.717, 1.165) is 12.1 Å². The zero-order valence-corrected chi connectivity index (χ0v) is 12.0. The zero-order chi connectivity index (χ0) is 15.1. The number of hydrogen-bond donors (Lipinski definition) is 2. The van der Waals surface area contributed by atoms with Crippen molar-refractivity contribution >= 4 is 11.9 Å². The number of pyridine rings is 1. The monoisotopic (exact) mass is 280 g/mol. The molecular weight excluding hydrogens is 260 g/mol. The van der Waals surface area contributed by atoms with Crippen molar-refractivity contribution in [2.24, 2.45) is 5.92 Å². The molecule has 0 aliphatic rings. The van der Waals surface area contributed by atoms with Crippen molar-refractivity contribution in [2.75, 3.05) is 13.7 Å². The first-order chi connectivity index (χ1) is 9.49. The van der Waals surface area contributed by atoms with Gasteiger partial charge in [0.25, 0.3) is 5.91 Å². The largest absolute Gasteiger partial charge is 0.481 e. The molecule has 0 aliphatic heterocycles. The second-order valence-electron chi connectivity index (χ2n) is 4.54. The summed E-state index contributed by atoms with van der Waals surface area (Å²) in [7, 11) is 1.44. The summed E-state index contributed by atoms with van der Waals surface area (Å²) >= 11 is 0. The lowest BCUT2D eigenvalue weighted by molar-refractivity contribution is -0.141. The van der Waals surface area contributed by atoms with Crippen LogP contribution in [-0.2, 0) is 4.79 Å². The van der Waals surface area contributed by atoms with Gasteiger partial charge in [-0.05, 0) is 25.5 Å². The minimum absolute atomic E-state index is 0.0963. The average Bonchev–Trinajstić information content (AvgIpc) is 2.42. The van der Waals surface area contributed by atoms with Gasteiger partial charge in [-0.25, -0.2) is 4.98 Å². The number of ether oxygens (including phenoxy) is 1. The summed E-state index contributed by atoms with van der Waals surface area (Å²) in [6, 6.07) is 3.32. The smallest absolute Gasteiger partial charge is 0.308 e. The van der Waals surface area contributed by atoms with E-state index in [9.17, 15) is 9.59 Å². The predicted molar refractivity (Wildman–Crippen MR) is 73.9 cm³/mol. The van der Waals surface area contributed by atoms with Crippen molar-refractivity contribution in [3.8, 4) is 5.88 Å². The lowest BCUT2D eigenvalue weighted by Gasteiger charge is -2.13. The summed E-state index contributed by atoms with van der Waals surface area (Å²) in [4.78, 5) is 27.2. The van der Waals surface area contributed by atoms with Gasteiger partial charge < -0.3 is 15.2 Å². The molecule has 1 unspecified atom stereocenters. The van der Waals surface area contributed by atoms with Crippen molar-refractivity contribution in [3.63, 3.8) is 0 Å². The first-order valence-corrected chi connectivity index (χ1v) is 6.52. The third-order valence-corrected chi connectivity index (χ3v) is 2.93. The van der Waals surface area contributed by atoms with Crippen LogP contribution in [0.2, 0.25) is 0 Å². The molecule has 1 amide bonds.